The van der Waals surface area contributed by atoms with Crippen molar-refractivity contribution in [1.29, 1.82) is 5.41 Å². The topological polar surface area (TPSA) is 48.8 Å². The summed E-state index contributed by atoms with van der Waals surface area (Å²) in [5.41, 5.74) is 3.09. The van der Waals surface area contributed by atoms with Crippen molar-refractivity contribution in [3.05, 3.63) is 64.2 Å². The molecular formula is C21H26Cl3N3O2. The zero-order valence-corrected chi connectivity index (χ0v) is 18.9. The minimum Gasteiger partial charge on any atom is -0.492 e. The van der Waals surface area contributed by atoms with Gasteiger partial charge in [-0.15, -0.1) is 0 Å². The quantitative estimate of drug-likeness (QED) is 0.488. The fourth-order valence-electron chi connectivity index (χ4n) is 3.26. The Bertz CT molecular complexity index is 759. The fourth-order valence-corrected chi connectivity index (χ4v) is 3.36. The molecule has 2 aromatic carbocycles. The van der Waals surface area contributed by atoms with Crippen LogP contribution in [0, 0.1) is 19.3 Å². The molecule has 0 saturated carbocycles. The zero-order valence-electron chi connectivity index (χ0n) is 16.6. The van der Waals surface area contributed by atoms with Crippen LogP contribution in [0.4, 0.5) is 0 Å². The molecule has 1 fully saturated rings. The summed E-state index contributed by atoms with van der Waals surface area (Å²) in [6.45, 7) is 9.24. The number of hydrogen-bond acceptors (Lipinski definition) is 4. The smallest absolute Gasteiger partial charge is 0.128 e. The van der Waals surface area contributed by atoms with E-state index in [1.807, 2.05) is 56.3 Å². The SMILES string of the molecule is Cc1cc(OCCN2CCN(C(=N)c3ccccc3)CC2)cc(C)c1Cl.ClOCl. The van der Waals surface area contributed by atoms with E-state index >= 15 is 0 Å². The molecule has 0 bridgehead atoms. The highest BCUT2D eigenvalue weighted by Gasteiger charge is 2.19. The van der Waals surface area contributed by atoms with Gasteiger partial charge in [0.1, 0.15) is 18.2 Å². The summed E-state index contributed by atoms with van der Waals surface area (Å²) in [5.74, 6) is 1.50. The molecule has 5 nitrogen and oxygen atoms in total. The maximum Gasteiger partial charge on any atom is 0.128 e. The number of amidine groups is 1. The molecule has 1 heterocycles. The molecule has 3 rings (SSSR count). The number of aryl methyl sites for hydroxylation is 2. The van der Waals surface area contributed by atoms with E-state index in [2.05, 4.69) is 37.4 Å². The third kappa shape index (κ3) is 7.36. The molecule has 8 heteroatoms. The van der Waals surface area contributed by atoms with Crippen LogP contribution in [0.1, 0.15) is 16.7 Å². The molecular weight excluding hydrogens is 433 g/mol. The first-order valence-electron chi connectivity index (χ1n) is 9.36. The number of ether oxygens (including phenoxy) is 1. The molecule has 1 saturated heterocycles. The van der Waals surface area contributed by atoms with Gasteiger partial charge >= 0.3 is 0 Å². The Labute approximate surface area is 187 Å². The predicted octanol–water partition coefficient (Wildman–Crippen LogP) is 5.29. The van der Waals surface area contributed by atoms with Gasteiger partial charge in [-0.05, 0) is 37.1 Å². The normalized spacial score (nSPS) is 14.2. The maximum absolute atomic E-state index is 8.37. The van der Waals surface area contributed by atoms with E-state index in [4.69, 9.17) is 21.7 Å². The van der Waals surface area contributed by atoms with Gasteiger partial charge in [-0.25, -0.2) is 0 Å². The predicted molar refractivity (Wildman–Crippen MR) is 120 cm³/mol. The molecule has 0 unspecified atom stereocenters. The number of piperazine rings is 1. The highest BCUT2D eigenvalue weighted by atomic mass is 35.6. The first kappa shape index (κ1) is 23.8. The minimum atomic E-state index is 0.619. The zero-order chi connectivity index (χ0) is 21.2. The lowest BCUT2D eigenvalue weighted by atomic mass is 10.1. The van der Waals surface area contributed by atoms with E-state index in [-0.39, 0.29) is 0 Å². The Balaban J connectivity index is 0.000000941. The van der Waals surface area contributed by atoms with E-state index in [1.54, 1.807) is 0 Å². The van der Waals surface area contributed by atoms with Gasteiger partial charge in [0.15, 0.2) is 0 Å². The minimum absolute atomic E-state index is 0.619. The van der Waals surface area contributed by atoms with Crippen LogP contribution in [0.15, 0.2) is 42.5 Å². The lowest BCUT2D eigenvalue weighted by Crippen LogP contribution is -2.49. The monoisotopic (exact) mass is 457 g/mol. The average Bonchev–Trinajstić information content (AvgIpc) is 2.73. The molecule has 1 N–H and O–H groups in total. The van der Waals surface area contributed by atoms with E-state index in [1.165, 1.54) is 0 Å². The van der Waals surface area contributed by atoms with Crippen molar-refractivity contribution in [2.24, 2.45) is 0 Å². The Morgan fingerprint density at radius 3 is 2.10 bits per heavy atom. The number of nitrogens with zero attached hydrogens (tertiary/aromatic N) is 2. The Morgan fingerprint density at radius 1 is 1.00 bits per heavy atom. The van der Waals surface area contributed by atoms with Crippen molar-refractivity contribution in [2.75, 3.05) is 39.3 Å². The summed E-state index contributed by atoms with van der Waals surface area (Å²) < 4.78 is 9.11. The van der Waals surface area contributed by atoms with Crippen LogP contribution in [0.2, 0.25) is 5.02 Å². The first-order chi connectivity index (χ1) is 14.0. The summed E-state index contributed by atoms with van der Waals surface area (Å²) in [5, 5.41) is 9.18. The second kappa shape index (κ2) is 12.3. The highest BCUT2D eigenvalue weighted by molar-refractivity contribution is 6.32. The summed E-state index contributed by atoms with van der Waals surface area (Å²) in [6, 6.07) is 13.9. The average molecular weight is 459 g/mol. The van der Waals surface area contributed by atoms with Gasteiger partial charge in [0.2, 0.25) is 0 Å². The van der Waals surface area contributed by atoms with Gasteiger partial charge in [-0.3, -0.25) is 10.3 Å². The van der Waals surface area contributed by atoms with Gasteiger partial charge in [0, 0.05) is 43.3 Å². The van der Waals surface area contributed by atoms with E-state index < -0.39 is 0 Å². The lowest BCUT2D eigenvalue weighted by Gasteiger charge is -2.36. The molecule has 0 amide bonds. The van der Waals surface area contributed by atoms with Crippen LogP contribution < -0.4 is 4.74 Å². The standard InChI is InChI=1S/C21H26ClN3O.Cl2O/c1-16-14-19(15-17(2)20(16)22)26-13-12-24-8-10-25(11-9-24)21(23)18-6-4-3-5-7-18;1-3-2/h3-7,14-15,23H,8-13H2,1-2H3;. The molecule has 0 atom stereocenters. The molecule has 0 spiro atoms. The molecule has 1 aliphatic rings. The Morgan fingerprint density at radius 2 is 1.55 bits per heavy atom. The van der Waals surface area contributed by atoms with Gasteiger partial charge < -0.3 is 9.64 Å². The lowest BCUT2D eigenvalue weighted by molar-refractivity contribution is 0.154. The molecule has 158 valence electrons. The van der Waals surface area contributed by atoms with Gasteiger partial charge in [-0.2, -0.15) is 3.84 Å². The Hall–Kier alpha value is -1.50. The van der Waals surface area contributed by atoms with Crippen molar-refractivity contribution in [2.45, 2.75) is 13.8 Å². The Kier molecular flexibility index (Phi) is 10.0. The van der Waals surface area contributed by atoms with Crippen LogP contribution in [0.5, 0.6) is 5.75 Å². The van der Waals surface area contributed by atoms with Crippen LogP contribution in [-0.4, -0.2) is 55.0 Å². The third-order valence-corrected chi connectivity index (χ3v) is 5.42. The maximum atomic E-state index is 8.37. The molecule has 0 aliphatic carbocycles. The largest absolute Gasteiger partial charge is 0.492 e. The molecule has 29 heavy (non-hydrogen) atoms. The summed E-state index contributed by atoms with van der Waals surface area (Å²) in [6.07, 6.45) is 0. The van der Waals surface area contributed by atoms with Crippen LogP contribution in [0.25, 0.3) is 0 Å². The van der Waals surface area contributed by atoms with E-state index in [0.717, 1.165) is 60.2 Å². The van der Waals surface area contributed by atoms with Crippen LogP contribution in [-0.2, 0) is 3.84 Å². The first-order valence-corrected chi connectivity index (χ1v) is 10.4. The van der Waals surface area contributed by atoms with Crippen molar-refractivity contribution in [1.82, 2.24) is 9.80 Å². The molecule has 2 aromatic rings. The fraction of sp³-hybridized carbons (Fsp3) is 0.381. The second-order valence-corrected chi connectivity index (χ2v) is 7.67. The molecule has 1 aliphatic heterocycles. The van der Waals surface area contributed by atoms with Gasteiger partial charge in [0.25, 0.3) is 0 Å². The van der Waals surface area contributed by atoms with Gasteiger partial charge in [0.05, 0.1) is 23.7 Å². The highest BCUT2D eigenvalue weighted by Crippen LogP contribution is 2.25. The summed E-state index contributed by atoms with van der Waals surface area (Å²) in [4.78, 5) is 4.54. The number of nitrogens with one attached hydrogen (secondary N) is 1. The number of halogens is 3. The third-order valence-electron chi connectivity index (χ3n) is 4.82. The van der Waals surface area contributed by atoms with Gasteiger partial charge in [-0.1, -0.05) is 41.9 Å². The molecule has 0 aromatic heterocycles. The number of rotatable bonds is 5. The summed E-state index contributed by atoms with van der Waals surface area (Å²) >= 11 is 14.7. The van der Waals surface area contributed by atoms with E-state index in [9.17, 15) is 0 Å². The molecule has 0 radical (unpaired) electrons. The van der Waals surface area contributed by atoms with Crippen LogP contribution in [0.3, 0.4) is 0 Å². The second-order valence-electron chi connectivity index (χ2n) is 6.82. The van der Waals surface area contributed by atoms with Crippen molar-refractivity contribution < 1.29 is 8.58 Å². The van der Waals surface area contributed by atoms with Crippen LogP contribution >= 0.6 is 35.3 Å². The number of hydrogen-bond donors (Lipinski definition) is 1. The van der Waals surface area contributed by atoms with Crippen molar-refractivity contribution >= 4 is 41.2 Å². The van der Waals surface area contributed by atoms with Crippen molar-refractivity contribution in [3.63, 3.8) is 0 Å². The number of benzene rings is 2. The van der Waals surface area contributed by atoms with E-state index in [0.29, 0.717) is 12.4 Å². The summed E-state index contributed by atoms with van der Waals surface area (Å²) in [7, 11) is 0. The van der Waals surface area contributed by atoms with Crippen molar-refractivity contribution in [3.8, 4) is 5.75 Å².